The van der Waals surface area contributed by atoms with Crippen molar-refractivity contribution in [2.75, 3.05) is 26.7 Å². The van der Waals surface area contributed by atoms with Crippen LogP contribution in [0.1, 0.15) is 12.8 Å². The van der Waals surface area contributed by atoms with Gasteiger partial charge in [-0.2, -0.15) is 0 Å². The van der Waals surface area contributed by atoms with Crippen molar-refractivity contribution in [1.82, 2.24) is 4.90 Å². The molecule has 0 aromatic heterocycles. The van der Waals surface area contributed by atoms with Crippen molar-refractivity contribution in [3.63, 3.8) is 0 Å². The Bertz CT molecular complexity index is 327. The molecular weight excluding hydrogens is 216 g/mol. The number of hydrogen-bond acceptors (Lipinski definition) is 3. The van der Waals surface area contributed by atoms with Gasteiger partial charge in [-0.1, -0.05) is 18.2 Å². The second-order valence-corrected chi connectivity index (χ2v) is 3.87. The van der Waals surface area contributed by atoms with Crippen molar-refractivity contribution in [2.45, 2.75) is 12.8 Å². The highest BCUT2D eigenvalue weighted by Gasteiger charge is 2.07. The molecule has 0 saturated carbocycles. The summed E-state index contributed by atoms with van der Waals surface area (Å²) in [4.78, 5) is 13.3. The maximum absolute atomic E-state index is 11.6. The van der Waals surface area contributed by atoms with Crippen LogP contribution in [-0.4, -0.2) is 37.6 Å². The molecule has 2 N–H and O–H groups in total. The van der Waals surface area contributed by atoms with E-state index >= 15 is 0 Å². The van der Waals surface area contributed by atoms with E-state index in [4.69, 9.17) is 10.5 Å². The standard InChI is InChI=1S/C13H20N2O2/c1-15(10-5-9-14)13(16)8-11-17-12-6-3-2-4-7-12/h2-4,6-7H,5,8-11,14H2,1H3. The molecule has 17 heavy (non-hydrogen) atoms. The van der Waals surface area contributed by atoms with Crippen LogP contribution in [0, 0.1) is 0 Å². The van der Waals surface area contributed by atoms with Crippen LogP contribution >= 0.6 is 0 Å². The molecule has 4 heteroatoms. The van der Waals surface area contributed by atoms with Crippen molar-refractivity contribution >= 4 is 5.91 Å². The van der Waals surface area contributed by atoms with Crippen molar-refractivity contribution in [3.8, 4) is 5.75 Å². The quantitative estimate of drug-likeness (QED) is 0.775. The molecule has 4 nitrogen and oxygen atoms in total. The number of hydrogen-bond donors (Lipinski definition) is 1. The van der Waals surface area contributed by atoms with E-state index < -0.39 is 0 Å². The summed E-state index contributed by atoms with van der Waals surface area (Å²) in [6, 6.07) is 9.50. The lowest BCUT2D eigenvalue weighted by atomic mass is 10.3. The molecule has 0 atom stereocenters. The normalized spacial score (nSPS) is 10.0. The fourth-order valence-corrected chi connectivity index (χ4v) is 1.42. The number of nitrogens with two attached hydrogens (primary N) is 1. The molecule has 0 radical (unpaired) electrons. The Balaban J connectivity index is 2.20. The van der Waals surface area contributed by atoms with Crippen molar-refractivity contribution in [2.24, 2.45) is 5.73 Å². The van der Waals surface area contributed by atoms with Gasteiger partial charge in [-0.15, -0.1) is 0 Å². The highest BCUT2D eigenvalue weighted by atomic mass is 16.5. The van der Waals surface area contributed by atoms with E-state index in [9.17, 15) is 4.79 Å². The molecule has 0 heterocycles. The number of amides is 1. The first-order chi connectivity index (χ1) is 8.24. The molecule has 1 aromatic carbocycles. The molecule has 0 unspecified atom stereocenters. The third kappa shape index (κ3) is 5.36. The van der Waals surface area contributed by atoms with Gasteiger partial charge >= 0.3 is 0 Å². The Labute approximate surface area is 102 Å². The van der Waals surface area contributed by atoms with Gasteiger partial charge in [-0.25, -0.2) is 0 Å². The second kappa shape index (κ2) is 7.68. The first kappa shape index (κ1) is 13.5. The first-order valence-corrected chi connectivity index (χ1v) is 5.86. The number of rotatable bonds is 7. The number of benzene rings is 1. The molecule has 1 amide bonds. The average Bonchev–Trinajstić information content (AvgIpc) is 2.37. The topological polar surface area (TPSA) is 55.6 Å². The molecule has 1 aromatic rings. The summed E-state index contributed by atoms with van der Waals surface area (Å²) in [5.41, 5.74) is 5.39. The van der Waals surface area contributed by atoms with Crippen LogP contribution in [0.15, 0.2) is 30.3 Å². The van der Waals surface area contributed by atoms with Crippen LogP contribution in [-0.2, 0) is 4.79 Å². The lowest BCUT2D eigenvalue weighted by molar-refractivity contribution is -0.130. The zero-order chi connectivity index (χ0) is 12.5. The van der Waals surface area contributed by atoms with E-state index in [0.29, 0.717) is 26.1 Å². The predicted molar refractivity (Wildman–Crippen MR) is 67.9 cm³/mol. The molecule has 0 bridgehead atoms. The Morgan fingerprint density at radius 3 is 2.71 bits per heavy atom. The molecule has 0 aliphatic heterocycles. The van der Waals surface area contributed by atoms with Crippen LogP contribution in [0.25, 0.3) is 0 Å². The second-order valence-electron chi connectivity index (χ2n) is 3.87. The Hall–Kier alpha value is -1.55. The first-order valence-electron chi connectivity index (χ1n) is 5.86. The summed E-state index contributed by atoms with van der Waals surface area (Å²) in [5, 5.41) is 0. The van der Waals surface area contributed by atoms with Gasteiger partial charge < -0.3 is 15.4 Å². The van der Waals surface area contributed by atoms with Crippen LogP contribution in [0.4, 0.5) is 0 Å². The number of para-hydroxylation sites is 1. The van der Waals surface area contributed by atoms with E-state index in [1.54, 1.807) is 11.9 Å². The summed E-state index contributed by atoms with van der Waals surface area (Å²) in [6.45, 7) is 1.73. The summed E-state index contributed by atoms with van der Waals surface area (Å²) in [5.74, 6) is 0.888. The van der Waals surface area contributed by atoms with Crippen LogP contribution in [0.3, 0.4) is 0 Å². The van der Waals surface area contributed by atoms with Crippen LogP contribution in [0.5, 0.6) is 5.75 Å². The SMILES string of the molecule is CN(CCCN)C(=O)CCOc1ccccc1. The molecule has 0 saturated heterocycles. The summed E-state index contributed by atoms with van der Waals surface area (Å²) >= 11 is 0. The van der Waals surface area contributed by atoms with Gasteiger partial charge in [0.05, 0.1) is 13.0 Å². The average molecular weight is 236 g/mol. The minimum atomic E-state index is 0.0920. The largest absolute Gasteiger partial charge is 0.493 e. The molecule has 1 rings (SSSR count). The third-order valence-electron chi connectivity index (χ3n) is 2.45. The van der Waals surface area contributed by atoms with Gasteiger partial charge in [0.15, 0.2) is 0 Å². The van der Waals surface area contributed by atoms with E-state index in [2.05, 4.69) is 0 Å². The van der Waals surface area contributed by atoms with Crippen molar-refractivity contribution in [3.05, 3.63) is 30.3 Å². The van der Waals surface area contributed by atoms with Gasteiger partial charge in [-0.3, -0.25) is 4.79 Å². The van der Waals surface area contributed by atoms with Gasteiger partial charge in [0.25, 0.3) is 0 Å². The zero-order valence-electron chi connectivity index (χ0n) is 10.3. The van der Waals surface area contributed by atoms with Gasteiger partial charge in [0.2, 0.25) is 5.91 Å². The molecule has 0 fully saturated rings. The highest BCUT2D eigenvalue weighted by Crippen LogP contribution is 2.08. The van der Waals surface area contributed by atoms with Crippen LogP contribution < -0.4 is 10.5 Å². The smallest absolute Gasteiger partial charge is 0.225 e. The van der Waals surface area contributed by atoms with E-state index in [1.165, 1.54) is 0 Å². The monoisotopic (exact) mass is 236 g/mol. The molecule has 0 spiro atoms. The molecular formula is C13H20N2O2. The number of ether oxygens (including phenoxy) is 1. The zero-order valence-corrected chi connectivity index (χ0v) is 10.3. The highest BCUT2D eigenvalue weighted by molar-refractivity contribution is 5.75. The maximum atomic E-state index is 11.6. The Morgan fingerprint density at radius 1 is 1.35 bits per heavy atom. The summed E-state index contributed by atoms with van der Waals surface area (Å²) in [6.07, 6.45) is 1.23. The van der Waals surface area contributed by atoms with Gasteiger partial charge in [-0.05, 0) is 25.1 Å². The van der Waals surface area contributed by atoms with Crippen molar-refractivity contribution in [1.29, 1.82) is 0 Å². The molecule has 0 aliphatic rings. The lowest BCUT2D eigenvalue weighted by Gasteiger charge is -2.16. The third-order valence-corrected chi connectivity index (χ3v) is 2.45. The van der Waals surface area contributed by atoms with Gasteiger partial charge in [0.1, 0.15) is 5.75 Å². The van der Waals surface area contributed by atoms with Gasteiger partial charge in [0, 0.05) is 13.6 Å². The fraction of sp³-hybridized carbons (Fsp3) is 0.462. The summed E-state index contributed by atoms with van der Waals surface area (Å²) < 4.78 is 5.46. The number of nitrogens with zero attached hydrogens (tertiary/aromatic N) is 1. The molecule has 94 valence electrons. The maximum Gasteiger partial charge on any atom is 0.225 e. The van der Waals surface area contributed by atoms with Crippen molar-refractivity contribution < 1.29 is 9.53 Å². The minimum Gasteiger partial charge on any atom is -0.493 e. The number of carbonyl (C=O) groups is 1. The van der Waals surface area contributed by atoms with Crippen LogP contribution in [0.2, 0.25) is 0 Å². The minimum absolute atomic E-state index is 0.0920. The Kier molecular flexibility index (Phi) is 6.10. The Morgan fingerprint density at radius 2 is 2.06 bits per heavy atom. The predicted octanol–water partition coefficient (Wildman–Crippen LogP) is 1.26. The van der Waals surface area contributed by atoms with E-state index in [-0.39, 0.29) is 5.91 Å². The van der Waals surface area contributed by atoms with E-state index in [0.717, 1.165) is 12.2 Å². The lowest BCUT2D eigenvalue weighted by Crippen LogP contribution is -2.29. The van der Waals surface area contributed by atoms with E-state index in [1.807, 2.05) is 30.3 Å². The number of carbonyl (C=O) groups excluding carboxylic acids is 1. The summed E-state index contributed by atoms with van der Waals surface area (Å²) in [7, 11) is 1.79. The molecule has 0 aliphatic carbocycles. The fourth-order valence-electron chi connectivity index (χ4n) is 1.42.